The molecule has 0 radical (unpaired) electrons. The molecule has 0 aliphatic heterocycles. The van der Waals surface area contributed by atoms with Gasteiger partial charge in [0.05, 0.1) is 29.8 Å². The molecule has 0 saturated carbocycles. The predicted octanol–water partition coefficient (Wildman–Crippen LogP) is 3.03. The molecule has 0 amide bonds. The third-order valence-corrected chi connectivity index (χ3v) is 3.27. The second kappa shape index (κ2) is 9.59. The Bertz CT molecular complexity index is 556. The van der Waals surface area contributed by atoms with Gasteiger partial charge in [-0.3, -0.25) is 10.1 Å². The minimum absolute atomic E-state index is 0.0843. The maximum absolute atomic E-state index is 11.0. The summed E-state index contributed by atoms with van der Waals surface area (Å²) in [5.41, 5.74) is -0.980. The summed E-state index contributed by atoms with van der Waals surface area (Å²) in [6.45, 7) is 1.73. The summed E-state index contributed by atoms with van der Waals surface area (Å²) in [6.07, 6.45) is -0.521. The van der Waals surface area contributed by atoms with Gasteiger partial charge in [0, 0.05) is 24.1 Å². The highest BCUT2D eigenvalue weighted by molar-refractivity contribution is 7.39. The smallest absolute Gasteiger partial charge is 0.403 e. The number of nitro benzene ring substituents is 1. The van der Waals surface area contributed by atoms with Gasteiger partial charge in [0.15, 0.2) is 0 Å². The van der Waals surface area contributed by atoms with E-state index in [4.69, 9.17) is 30.6 Å². The SMILES string of the molecule is CC(OP(O)O)c1cc(OCCCOC(=O)Cl)ccc1[N+](=O)[O-]. The first-order valence-corrected chi connectivity index (χ1v) is 7.93. The molecule has 0 heterocycles. The molecule has 1 aromatic rings. The highest BCUT2D eigenvalue weighted by Crippen LogP contribution is 2.38. The van der Waals surface area contributed by atoms with Crippen LogP contribution in [0.1, 0.15) is 25.0 Å². The fraction of sp³-hybridized carbons (Fsp3) is 0.417. The van der Waals surface area contributed by atoms with E-state index in [1.165, 1.54) is 25.1 Å². The Balaban J connectivity index is 2.75. The van der Waals surface area contributed by atoms with Crippen molar-refractivity contribution in [1.82, 2.24) is 0 Å². The van der Waals surface area contributed by atoms with Gasteiger partial charge in [0.1, 0.15) is 5.75 Å². The van der Waals surface area contributed by atoms with E-state index in [-0.39, 0.29) is 24.5 Å². The van der Waals surface area contributed by atoms with E-state index in [0.717, 1.165) is 0 Å². The number of nitrogens with zero attached hydrogens (tertiary/aromatic N) is 1. The van der Waals surface area contributed by atoms with Crippen LogP contribution < -0.4 is 4.74 Å². The van der Waals surface area contributed by atoms with E-state index in [1.807, 2.05) is 0 Å². The second-order valence-corrected chi connectivity index (χ2v) is 5.29. The van der Waals surface area contributed by atoms with Crippen LogP contribution in [-0.2, 0) is 9.26 Å². The number of nitro groups is 1. The van der Waals surface area contributed by atoms with Gasteiger partial charge in [-0.25, -0.2) is 4.79 Å². The van der Waals surface area contributed by atoms with Gasteiger partial charge in [-0.05, 0) is 19.1 Å². The van der Waals surface area contributed by atoms with Gasteiger partial charge in [0.25, 0.3) is 5.69 Å². The van der Waals surface area contributed by atoms with Crippen LogP contribution in [-0.4, -0.2) is 33.4 Å². The summed E-state index contributed by atoms with van der Waals surface area (Å²) in [7, 11) is -2.65. The lowest BCUT2D eigenvalue weighted by Crippen LogP contribution is -2.06. The molecule has 0 aliphatic carbocycles. The lowest BCUT2D eigenvalue weighted by Gasteiger charge is -2.15. The molecule has 0 bridgehead atoms. The standard InChI is InChI=1S/C12H15ClNO8P/c1-8(22-23(18)19)10-7-9(3-4-11(10)14(16)17)20-5-2-6-21-12(13)15/h3-4,7-8,18-19H,2,5-6H2,1H3. The van der Waals surface area contributed by atoms with E-state index in [1.54, 1.807) is 0 Å². The third-order valence-electron chi connectivity index (χ3n) is 2.66. The number of hydrogen-bond donors (Lipinski definition) is 2. The summed E-state index contributed by atoms with van der Waals surface area (Å²) in [6, 6.07) is 4.03. The molecule has 1 rings (SSSR count). The number of carbonyl (C=O) groups excluding carboxylic acids is 1. The van der Waals surface area contributed by atoms with Crippen LogP contribution in [0, 0.1) is 10.1 Å². The molecular weight excluding hydrogens is 353 g/mol. The van der Waals surface area contributed by atoms with Crippen molar-refractivity contribution in [3.05, 3.63) is 33.9 Å². The highest BCUT2D eigenvalue weighted by atomic mass is 35.5. The van der Waals surface area contributed by atoms with E-state index in [9.17, 15) is 14.9 Å². The lowest BCUT2D eigenvalue weighted by atomic mass is 10.1. The van der Waals surface area contributed by atoms with E-state index < -0.39 is 25.1 Å². The fourth-order valence-electron chi connectivity index (χ4n) is 1.71. The van der Waals surface area contributed by atoms with Crippen molar-refractivity contribution >= 4 is 31.3 Å². The highest BCUT2D eigenvalue weighted by Gasteiger charge is 2.22. The van der Waals surface area contributed by atoms with Gasteiger partial charge in [-0.1, -0.05) is 0 Å². The topological polar surface area (TPSA) is 128 Å². The fourth-order valence-corrected chi connectivity index (χ4v) is 2.19. The first-order chi connectivity index (χ1) is 10.8. The Hall–Kier alpha value is -1.51. The number of benzene rings is 1. The summed E-state index contributed by atoms with van der Waals surface area (Å²) in [5.74, 6) is 0.332. The van der Waals surface area contributed by atoms with Crippen LogP contribution in [0.15, 0.2) is 18.2 Å². The molecule has 128 valence electrons. The third kappa shape index (κ3) is 7.06. The quantitative estimate of drug-likeness (QED) is 0.224. The number of ether oxygens (including phenoxy) is 2. The Labute approximate surface area is 137 Å². The maximum Gasteiger partial charge on any atom is 0.403 e. The molecule has 23 heavy (non-hydrogen) atoms. The zero-order valence-electron chi connectivity index (χ0n) is 12.0. The van der Waals surface area contributed by atoms with Gasteiger partial charge < -0.3 is 23.8 Å². The largest absolute Gasteiger partial charge is 0.493 e. The van der Waals surface area contributed by atoms with Crippen molar-refractivity contribution in [2.45, 2.75) is 19.4 Å². The van der Waals surface area contributed by atoms with Crippen LogP contribution in [0.25, 0.3) is 0 Å². The zero-order valence-corrected chi connectivity index (χ0v) is 13.7. The maximum atomic E-state index is 11.0. The number of rotatable bonds is 9. The number of carbonyl (C=O) groups is 1. The molecule has 0 spiro atoms. The van der Waals surface area contributed by atoms with Crippen molar-refractivity contribution < 1.29 is 33.5 Å². The minimum atomic E-state index is -2.65. The van der Waals surface area contributed by atoms with Crippen molar-refractivity contribution in [3.8, 4) is 5.75 Å². The van der Waals surface area contributed by atoms with Crippen LogP contribution >= 0.6 is 20.2 Å². The molecule has 0 aromatic heterocycles. The predicted molar refractivity (Wildman–Crippen MR) is 81.3 cm³/mol. The minimum Gasteiger partial charge on any atom is -0.493 e. The molecule has 0 saturated heterocycles. The van der Waals surface area contributed by atoms with Crippen molar-refractivity contribution in [3.63, 3.8) is 0 Å². The molecular formula is C12H15ClNO8P. The first kappa shape index (κ1) is 19.5. The Morgan fingerprint density at radius 3 is 2.70 bits per heavy atom. The van der Waals surface area contributed by atoms with E-state index in [2.05, 4.69) is 4.74 Å². The van der Waals surface area contributed by atoms with Gasteiger partial charge >= 0.3 is 14.0 Å². The molecule has 1 aromatic carbocycles. The molecule has 11 heteroatoms. The summed E-state index contributed by atoms with van der Waals surface area (Å²) in [4.78, 5) is 38.5. The van der Waals surface area contributed by atoms with Gasteiger partial charge in [-0.2, -0.15) is 0 Å². The Morgan fingerprint density at radius 2 is 2.13 bits per heavy atom. The summed E-state index contributed by atoms with van der Waals surface area (Å²) < 4.78 is 14.7. The van der Waals surface area contributed by atoms with Crippen molar-refractivity contribution in [2.24, 2.45) is 0 Å². The number of hydrogen-bond acceptors (Lipinski definition) is 8. The van der Waals surface area contributed by atoms with Crippen LogP contribution in [0.3, 0.4) is 0 Å². The van der Waals surface area contributed by atoms with Gasteiger partial charge in [0.2, 0.25) is 0 Å². The second-order valence-electron chi connectivity index (χ2n) is 4.27. The number of halogens is 1. The molecule has 0 fully saturated rings. The molecule has 9 nitrogen and oxygen atoms in total. The van der Waals surface area contributed by atoms with Crippen molar-refractivity contribution in [1.29, 1.82) is 0 Å². The van der Waals surface area contributed by atoms with E-state index in [0.29, 0.717) is 12.2 Å². The monoisotopic (exact) mass is 367 g/mol. The van der Waals surface area contributed by atoms with Crippen LogP contribution in [0.5, 0.6) is 5.75 Å². The summed E-state index contributed by atoms with van der Waals surface area (Å²) in [5, 5.41) is 11.0. The molecule has 0 aliphatic rings. The van der Waals surface area contributed by atoms with E-state index >= 15 is 0 Å². The lowest BCUT2D eigenvalue weighted by molar-refractivity contribution is -0.386. The zero-order chi connectivity index (χ0) is 17.4. The van der Waals surface area contributed by atoms with Crippen LogP contribution in [0.2, 0.25) is 0 Å². The Kier molecular flexibility index (Phi) is 8.15. The van der Waals surface area contributed by atoms with Crippen LogP contribution in [0.4, 0.5) is 10.5 Å². The first-order valence-electron chi connectivity index (χ1n) is 6.39. The Morgan fingerprint density at radius 1 is 1.43 bits per heavy atom. The average Bonchev–Trinajstić information content (AvgIpc) is 2.45. The molecule has 1 atom stereocenters. The molecule has 2 N–H and O–H groups in total. The average molecular weight is 368 g/mol. The van der Waals surface area contributed by atoms with Crippen molar-refractivity contribution in [2.75, 3.05) is 13.2 Å². The summed E-state index contributed by atoms with van der Waals surface area (Å²) >= 11 is 5.00. The normalized spacial score (nSPS) is 12.0. The molecule has 1 unspecified atom stereocenters. The van der Waals surface area contributed by atoms with Gasteiger partial charge in [-0.15, -0.1) is 0 Å².